The maximum Gasteiger partial charge on any atom is 0.326 e. The zero-order valence-electron chi connectivity index (χ0n) is 23.6. The van der Waals surface area contributed by atoms with E-state index in [9.17, 15) is 29.1 Å². The van der Waals surface area contributed by atoms with Gasteiger partial charge in [-0.15, -0.1) is 0 Å². The Labute approximate surface area is 241 Å². The van der Waals surface area contributed by atoms with Crippen LogP contribution in [0.25, 0.3) is 0 Å². The Morgan fingerprint density at radius 1 is 1.14 bits per heavy atom. The molecule has 0 aliphatic carbocycles. The maximum absolute atomic E-state index is 12.4. The van der Waals surface area contributed by atoms with Gasteiger partial charge in [0.15, 0.2) is 5.82 Å². The van der Waals surface area contributed by atoms with Gasteiger partial charge in [-0.05, 0) is 43.0 Å². The quantitative estimate of drug-likeness (QED) is 0.150. The Hall–Kier alpha value is -4.86. The zero-order chi connectivity index (χ0) is 31.4. The topological polar surface area (TPSA) is 264 Å². The molecule has 16 nitrogen and oxygen atoms in total. The lowest BCUT2D eigenvalue weighted by atomic mass is 10.1. The molecule has 2 unspecified atom stereocenters. The smallest absolute Gasteiger partial charge is 0.326 e. The highest BCUT2D eigenvalue weighted by Crippen LogP contribution is 2.20. The third-order valence-corrected chi connectivity index (χ3v) is 6.01. The largest absolute Gasteiger partial charge is 0.480 e. The Balaban J connectivity index is 0.000000592. The van der Waals surface area contributed by atoms with Gasteiger partial charge in [0.2, 0.25) is 5.95 Å². The van der Waals surface area contributed by atoms with Crippen LogP contribution in [-0.2, 0) is 19.1 Å². The summed E-state index contributed by atoms with van der Waals surface area (Å²) in [5.41, 5.74) is 11.7. The van der Waals surface area contributed by atoms with Crippen molar-refractivity contribution in [1.29, 1.82) is 0 Å². The number of hydrogen-bond donors (Lipinski definition) is 9. The van der Waals surface area contributed by atoms with Gasteiger partial charge in [0.25, 0.3) is 11.5 Å². The molecule has 1 aromatic carbocycles. The summed E-state index contributed by atoms with van der Waals surface area (Å²) in [6, 6.07) is 4.45. The van der Waals surface area contributed by atoms with E-state index in [1.165, 1.54) is 7.11 Å². The number of H-pyrrole nitrogens is 1. The lowest BCUT2D eigenvalue weighted by Crippen LogP contribution is -2.41. The van der Waals surface area contributed by atoms with Crippen molar-refractivity contribution >= 4 is 47.0 Å². The van der Waals surface area contributed by atoms with E-state index in [4.69, 9.17) is 16.6 Å². The number of rotatable bonds is 12. The molecular formula is C26H38N8O8. The Morgan fingerprint density at radius 2 is 1.81 bits per heavy atom. The first kappa shape index (κ1) is 33.3. The summed E-state index contributed by atoms with van der Waals surface area (Å²) in [4.78, 5) is 63.6. The number of ether oxygens (including phenoxy) is 1. The second-order valence-electron chi connectivity index (χ2n) is 9.91. The number of nitrogens with one attached hydrogen (secondary N) is 5. The second kappa shape index (κ2) is 15.8. The number of hydrogen-bond acceptors (Lipinski definition) is 12. The number of aromatic amines is 1. The molecular weight excluding hydrogens is 552 g/mol. The molecule has 1 aliphatic heterocycles. The van der Waals surface area contributed by atoms with Crippen molar-refractivity contribution in [3.05, 3.63) is 40.2 Å². The summed E-state index contributed by atoms with van der Waals surface area (Å²) in [7, 11) is 1.21. The first-order chi connectivity index (χ1) is 19.8. The van der Waals surface area contributed by atoms with Crippen LogP contribution in [0.1, 0.15) is 43.5 Å². The van der Waals surface area contributed by atoms with Gasteiger partial charge < -0.3 is 47.7 Å². The minimum Gasteiger partial charge on any atom is -0.480 e. The number of aliphatic carboxylic acids is 2. The molecule has 1 aliphatic rings. The fraction of sp³-hybridized carbons (Fsp3) is 0.462. The molecule has 0 saturated carbocycles. The predicted octanol–water partition coefficient (Wildman–Crippen LogP) is 0.251. The lowest BCUT2D eigenvalue weighted by Gasteiger charge is -2.27. The number of benzene rings is 1. The standard InChI is InChI=1S/C20H25N7O6.C6H13NO2/c1-33-14(28)7-6-13(19(31)32)25-17(29)10-2-4-11(5-3-10)22-8-12-9-23-16-15(24-12)18(30)27-20(21)26-16;1-4(2)3-5(7)6(8)9/h2-5,12-13,22,24H,6-9H2,1H3,(H,25,29)(H,31,32)(H4,21,23,26,27,30);4-5H,3,7H2,1-2H3,(H,8,9)/t12-,13?;/m0./s1. The van der Waals surface area contributed by atoms with Gasteiger partial charge >= 0.3 is 17.9 Å². The Bertz CT molecular complexity index is 1300. The first-order valence-corrected chi connectivity index (χ1v) is 13.1. The molecule has 0 radical (unpaired) electrons. The minimum absolute atomic E-state index is 0.0342. The maximum atomic E-state index is 12.4. The number of methoxy groups -OCH3 is 1. The molecule has 3 atom stereocenters. The number of esters is 1. The van der Waals surface area contributed by atoms with Crippen LogP contribution in [0, 0.1) is 5.92 Å². The number of aromatic nitrogens is 2. The number of nitrogens with two attached hydrogens (primary N) is 2. The Kier molecular flexibility index (Phi) is 12.5. The highest BCUT2D eigenvalue weighted by molar-refractivity contribution is 5.97. The van der Waals surface area contributed by atoms with Gasteiger partial charge in [-0.2, -0.15) is 4.98 Å². The van der Waals surface area contributed by atoms with Gasteiger partial charge in [0.1, 0.15) is 17.8 Å². The molecule has 0 spiro atoms. The molecule has 2 aromatic rings. The van der Waals surface area contributed by atoms with Crippen molar-refractivity contribution in [2.24, 2.45) is 11.7 Å². The molecule has 0 bridgehead atoms. The molecule has 0 fully saturated rings. The summed E-state index contributed by atoms with van der Waals surface area (Å²) in [5, 5.41) is 29.3. The van der Waals surface area contributed by atoms with Gasteiger partial charge in [-0.3, -0.25) is 24.2 Å². The number of carboxylic acid groups (broad SMARTS) is 2. The van der Waals surface area contributed by atoms with Crippen LogP contribution in [0.5, 0.6) is 0 Å². The van der Waals surface area contributed by atoms with Crippen LogP contribution >= 0.6 is 0 Å². The van der Waals surface area contributed by atoms with Crippen molar-refractivity contribution in [3.8, 4) is 0 Å². The van der Waals surface area contributed by atoms with E-state index in [0.29, 0.717) is 36.9 Å². The molecule has 1 aromatic heterocycles. The second-order valence-corrected chi connectivity index (χ2v) is 9.91. The minimum atomic E-state index is -1.24. The highest BCUT2D eigenvalue weighted by Gasteiger charge is 2.23. The van der Waals surface area contributed by atoms with E-state index >= 15 is 0 Å². The van der Waals surface area contributed by atoms with Gasteiger partial charge in [0.05, 0.1) is 13.2 Å². The van der Waals surface area contributed by atoms with E-state index < -0.39 is 35.9 Å². The number of nitrogens with zero attached hydrogens (tertiary/aromatic N) is 1. The van der Waals surface area contributed by atoms with Crippen molar-refractivity contribution in [1.82, 2.24) is 15.3 Å². The molecule has 3 rings (SSSR count). The molecule has 230 valence electrons. The average molecular weight is 591 g/mol. The molecule has 11 N–H and O–H groups in total. The summed E-state index contributed by atoms with van der Waals surface area (Å²) in [5.74, 6) is -2.49. The van der Waals surface area contributed by atoms with Crippen LogP contribution in [-0.4, -0.2) is 82.3 Å². The van der Waals surface area contributed by atoms with Crippen molar-refractivity contribution in [2.45, 2.75) is 51.2 Å². The van der Waals surface area contributed by atoms with E-state index in [1.54, 1.807) is 24.3 Å². The van der Waals surface area contributed by atoms with Crippen LogP contribution < -0.4 is 38.3 Å². The van der Waals surface area contributed by atoms with E-state index in [2.05, 4.69) is 36.0 Å². The monoisotopic (exact) mass is 590 g/mol. The van der Waals surface area contributed by atoms with Gasteiger partial charge in [-0.25, -0.2) is 4.79 Å². The molecule has 42 heavy (non-hydrogen) atoms. The number of fused-ring (bicyclic) bond motifs is 1. The van der Waals surface area contributed by atoms with E-state index in [1.807, 2.05) is 13.8 Å². The molecule has 16 heteroatoms. The van der Waals surface area contributed by atoms with Crippen LogP contribution in [0.3, 0.4) is 0 Å². The lowest BCUT2D eigenvalue weighted by molar-refractivity contribution is -0.142. The van der Waals surface area contributed by atoms with Crippen LogP contribution in [0.4, 0.5) is 23.1 Å². The van der Waals surface area contributed by atoms with Gasteiger partial charge in [0, 0.05) is 30.8 Å². The summed E-state index contributed by atoms with van der Waals surface area (Å²) >= 11 is 0. The van der Waals surface area contributed by atoms with Crippen molar-refractivity contribution < 1.29 is 34.1 Å². The van der Waals surface area contributed by atoms with Crippen molar-refractivity contribution in [3.63, 3.8) is 0 Å². The van der Waals surface area contributed by atoms with E-state index in [-0.39, 0.29) is 36.0 Å². The van der Waals surface area contributed by atoms with Crippen LogP contribution in [0.2, 0.25) is 0 Å². The number of carbonyl (C=O) groups is 4. The zero-order valence-corrected chi connectivity index (χ0v) is 23.6. The molecule has 0 saturated heterocycles. The third-order valence-electron chi connectivity index (χ3n) is 6.01. The number of anilines is 4. The SMILES string of the molecule is CC(C)CC(N)C(=O)O.COC(=O)CCC(NC(=O)c1ccc(NC[C@H]2CNc3nc(N)[nH]c(=O)c3N2)cc1)C(=O)O. The summed E-state index contributed by atoms with van der Waals surface area (Å²) in [6.07, 6.45) is 0.347. The number of nitrogen functional groups attached to an aromatic ring is 1. The fourth-order valence-corrected chi connectivity index (χ4v) is 3.80. The number of carbonyl (C=O) groups excluding carboxylic acids is 2. The molecule has 1 amide bonds. The summed E-state index contributed by atoms with van der Waals surface area (Å²) < 4.78 is 4.49. The number of amides is 1. The van der Waals surface area contributed by atoms with E-state index in [0.717, 1.165) is 5.69 Å². The molecule has 2 heterocycles. The highest BCUT2D eigenvalue weighted by atomic mass is 16.5. The Morgan fingerprint density at radius 3 is 2.36 bits per heavy atom. The predicted molar refractivity (Wildman–Crippen MR) is 155 cm³/mol. The van der Waals surface area contributed by atoms with Crippen LogP contribution in [0.15, 0.2) is 29.1 Å². The summed E-state index contributed by atoms with van der Waals surface area (Å²) in [6.45, 7) is 4.88. The third kappa shape index (κ3) is 10.6. The average Bonchev–Trinajstić information content (AvgIpc) is 2.93. The number of carboxylic acids is 2. The first-order valence-electron chi connectivity index (χ1n) is 13.1. The fourth-order valence-electron chi connectivity index (χ4n) is 3.80. The normalized spacial score (nSPS) is 14.9. The van der Waals surface area contributed by atoms with Crippen molar-refractivity contribution in [2.75, 3.05) is 41.9 Å². The van der Waals surface area contributed by atoms with Gasteiger partial charge in [-0.1, -0.05) is 13.8 Å².